The van der Waals surface area contributed by atoms with Crippen LogP contribution in [0.5, 0.6) is 0 Å². The number of nitrogens with two attached hydrogens (primary N) is 1. The van der Waals surface area contributed by atoms with Crippen molar-refractivity contribution in [1.29, 1.82) is 0 Å². The third-order valence-corrected chi connectivity index (χ3v) is 4.97. The molecule has 0 unspecified atom stereocenters. The molecule has 0 bridgehead atoms. The lowest BCUT2D eigenvalue weighted by molar-refractivity contribution is 0.0307. The number of nitrogens with zero attached hydrogens (tertiary/aromatic N) is 5. The summed E-state index contributed by atoms with van der Waals surface area (Å²) in [5.41, 5.74) is 7.22. The third-order valence-electron chi connectivity index (χ3n) is 4.97. The number of pyridine rings is 1. The van der Waals surface area contributed by atoms with Crippen molar-refractivity contribution in [2.75, 3.05) is 0 Å². The van der Waals surface area contributed by atoms with E-state index in [-0.39, 0.29) is 11.2 Å². The average molecular weight is 416 g/mol. The topological polar surface area (TPSA) is 99.1 Å². The predicted octanol–water partition coefficient (Wildman–Crippen LogP) is 3.58. The van der Waals surface area contributed by atoms with Crippen LogP contribution < -0.4 is 5.73 Å². The first kappa shape index (κ1) is 18.7. The highest BCUT2D eigenvalue weighted by Gasteiger charge is 2.40. The number of amides is 1. The number of primary amides is 1. The molecular formula is C22H14F2N6O. The van der Waals surface area contributed by atoms with E-state index in [1.807, 2.05) is 0 Å². The van der Waals surface area contributed by atoms with Crippen LogP contribution in [-0.2, 0) is 5.92 Å². The second-order valence-corrected chi connectivity index (χ2v) is 6.94. The lowest BCUT2D eigenvalue weighted by Crippen LogP contribution is -2.20. The Bertz CT molecular complexity index is 1450. The van der Waals surface area contributed by atoms with Crippen LogP contribution in [0.25, 0.3) is 27.8 Å². The molecule has 3 heterocycles. The van der Waals surface area contributed by atoms with Gasteiger partial charge in [-0.3, -0.25) is 9.78 Å². The van der Waals surface area contributed by atoms with Gasteiger partial charge in [-0.05, 0) is 42.5 Å². The number of hydrogen-bond acceptors (Lipinski definition) is 5. The summed E-state index contributed by atoms with van der Waals surface area (Å²) < 4.78 is 31.9. The van der Waals surface area contributed by atoms with Crippen molar-refractivity contribution in [1.82, 2.24) is 24.8 Å². The molecule has 0 saturated heterocycles. The normalized spacial score (nSPS) is 11.8. The highest BCUT2D eigenvalue weighted by Crippen LogP contribution is 2.36. The van der Waals surface area contributed by atoms with Gasteiger partial charge in [0.15, 0.2) is 5.65 Å². The van der Waals surface area contributed by atoms with Crippen LogP contribution >= 0.6 is 0 Å². The molecule has 3 aromatic heterocycles. The van der Waals surface area contributed by atoms with E-state index < -0.39 is 17.7 Å². The van der Waals surface area contributed by atoms with Gasteiger partial charge in [-0.1, -0.05) is 24.3 Å². The van der Waals surface area contributed by atoms with Crippen molar-refractivity contribution in [3.8, 4) is 11.3 Å². The molecule has 5 rings (SSSR count). The zero-order chi connectivity index (χ0) is 21.6. The summed E-state index contributed by atoms with van der Waals surface area (Å²) in [4.78, 5) is 15.4. The summed E-state index contributed by atoms with van der Waals surface area (Å²) in [6.07, 6.45) is 1.60. The van der Waals surface area contributed by atoms with Crippen LogP contribution in [-0.4, -0.2) is 30.7 Å². The van der Waals surface area contributed by atoms with Gasteiger partial charge in [-0.2, -0.15) is 18.4 Å². The van der Waals surface area contributed by atoms with Gasteiger partial charge in [0.05, 0.1) is 11.2 Å². The van der Waals surface area contributed by atoms with Crippen molar-refractivity contribution >= 4 is 22.5 Å². The standard InChI is InChI=1S/C22H14F2N6O/c23-22(24,16-7-8-17-15(12-16)2-1-11-26-17)21-28-27-19-10-9-18(29-30(19)21)13-3-5-14(6-4-13)20(25)31/h1-12H,(H2,25,31). The lowest BCUT2D eigenvalue weighted by atomic mass is 10.0. The van der Waals surface area contributed by atoms with Crippen molar-refractivity contribution in [3.05, 3.63) is 89.9 Å². The molecule has 0 fully saturated rings. The number of carbonyl (C=O) groups is 1. The van der Waals surface area contributed by atoms with Gasteiger partial charge in [0.25, 0.3) is 0 Å². The summed E-state index contributed by atoms with van der Waals surface area (Å²) in [5.74, 6) is -4.59. The maximum absolute atomic E-state index is 15.4. The summed E-state index contributed by atoms with van der Waals surface area (Å²) in [6, 6.07) is 17.2. The quantitative estimate of drug-likeness (QED) is 0.483. The fraction of sp³-hybridized carbons (Fsp3) is 0.0455. The number of alkyl halides is 2. The minimum absolute atomic E-state index is 0.189. The summed E-state index contributed by atoms with van der Waals surface area (Å²) in [5, 5.41) is 12.5. The van der Waals surface area contributed by atoms with Crippen molar-refractivity contribution in [2.45, 2.75) is 5.92 Å². The van der Waals surface area contributed by atoms with E-state index in [0.717, 1.165) is 4.52 Å². The average Bonchev–Trinajstić information content (AvgIpc) is 3.23. The molecular weight excluding hydrogens is 402 g/mol. The Kier molecular flexibility index (Phi) is 4.18. The molecule has 0 aliphatic rings. The van der Waals surface area contributed by atoms with Gasteiger partial charge >= 0.3 is 5.92 Å². The number of benzene rings is 2. The highest BCUT2D eigenvalue weighted by molar-refractivity contribution is 5.93. The van der Waals surface area contributed by atoms with Crippen LogP contribution in [0.1, 0.15) is 21.7 Å². The molecule has 1 amide bonds. The van der Waals surface area contributed by atoms with Crippen LogP contribution in [0.15, 0.2) is 72.9 Å². The lowest BCUT2D eigenvalue weighted by Gasteiger charge is -2.15. The van der Waals surface area contributed by atoms with Crippen molar-refractivity contribution < 1.29 is 13.6 Å². The molecule has 2 N–H and O–H groups in total. The molecule has 2 aromatic carbocycles. The Hall–Kier alpha value is -4.27. The molecule has 0 aliphatic heterocycles. The number of aromatic nitrogens is 5. The second kappa shape index (κ2) is 6.91. The van der Waals surface area contributed by atoms with E-state index in [0.29, 0.717) is 27.7 Å². The molecule has 0 radical (unpaired) electrons. The number of rotatable bonds is 4. The molecule has 9 heteroatoms. The summed E-state index contributed by atoms with van der Waals surface area (Å²) in [6.45, 7) is 0. The van der Waals surface area contributed by atoms with E-state index in [9.17, 15) is 4.79 Å². The van der Waals surface area contributed by atoms with E-state index in [2.05, 4.69) is 20.3 Å². The number of halogens is 2. The van der Waals surface area contributed by atoms with Crippen LogP contribution in [0.4, 0.5) is 8.78 Å². The molecule has 5 aromatic rings. The van der Waals surface area contributed by atoms with Gasteiger partial charge in [-0.25, -0.2) is 0 Å². The summed E-state index contributed by atoms with van der Waals surface area (Å²) in [7, 11) is 0. The smallest absolute Gasteiger partial charge is 0.333 e. The van der Waals surface area contributed by atoms with Crippen LogP contribution in [0.3, 0.4) is 0 Å². The van der Waals surface area contributed by atoms with E-state index in [1.165, 1.54) is 12.1 Å². The van der Waals surface area contributed by atoms with Gasteiger partial charge in [0.2, 0.25) is 11.7 Å². The third kappa shape index (κ3) is 3.16. The fourth-order valence-electron chi connectivity index (χ4n) is 3.34. The number of fused-ring (bicyclic) bond motifs is 2. The predicted molar refractivity (Wildman–Crippen MR) is 109 cm³/mol. The molecule has 0 aliphatic carbocycles. The van der Waals surface area contributed by atoms with Gasteiger partial charge < -0.3 is 5.73 Å². The number of carbonyl (C=O) groups excluding carboxylic acids is 1. The molecule has 0 spiro atoms. The zero-order valence-corrected chi connectivity index (χ0v) is 15.9. The van der Waals surface area contributed by atoms with Gasteiger partial charge in [-0.15, -0.1) is 10.2 Å². The molecule has 31 heavy (non-hydrogen) atoms. The highest BCUT2D eigenvalue weighted by atomic mass is 19.3. The number of hydrogen-bond donors (Lipinski definition) is 1. The Morgan fingerprint density at radius 3 is 2.55 bits per heavy atom. The molecule has 0 saturated carbocycles. The van der Waals surface area contributed by atoms with E-state index >= 15 is 8.78 Å². The monoisotopic (exact) mass is 416 g/mol. The maximum Gasteiger partial charge on any atom is 0.333 e. The van der Waals surface area contributed by atoms with E-state index in [4.69, 9.17) is 5.73 Å². The molecule has 0 atom stereocenters. The Morgan fingerprint density at radius 1 is 0.968 bits per heavy atom. The first-order valence-electron chi connectivity index (χ1n) is 9.30. The Balaban J connectivity index is 1.60. The van der Waals surface area contributed by atoms with Crippen LogP contribution in [0, 0.1) is 0 Å². The first-order valence-corrected chi connectivity index (χ1v) is 9.30. The van der Waals surface area contributed by atoms with Crippen molar-refractivity contribution in [2.24, 2.45) is 5.73 Å². The zero-order valence-electron chi connectivity index (χ0n) is 15.9. The van der Waals surface area contributed by atoms with Crippen molar-refractivity contribution in [3.63, 3.8) is 0 Å². The minimum atomic E-state index is -3.44. The SMILES string of the molecule is NC(=O)c1ccc(-c2ccc3nnc(C(F)(F)c4ccc5ncccc5c4)n3n2)cc1. The fourth-order valence-corrected chi connectivity index (χ4v) is 3.34. The Labute approximate surface area is 174 Å². The second-order valence-electron chi connectivity index (χ2n) is 6.94. The molecule has 152 valence electrons. The molecule has 7 nitrogen and oxygen atoms in total. The van der Waals surface area contributed by atoms with Gasteiger partial charge in [0.1, 0.15) is 0 Å². The Morgan fingerprint density at radius 2 is 1.77 bits per heavy atom. The van der Waals surface area contributed by atoms with E-state index in [1.54, 1.807) is 60.8 Å². The maximum atomic E-state index is 15.4. The van der Waals surface area contributed by atoms with Crippen LogP contribution in [0.2, 0.25) is 0 Å². The first-order chi connectivity index (χ1) is 14.9. The van der Waals surface area contributed by atoms with Gasteiger partial charge in [0, 0.05) is 28.3 Å². The summed E-state index contributed by atoms with van der Waals surface area (Å²) >= 11 is 0. The minimum Gasteiger partial charge on any atom is -0.366 e. The largest absolute Gasteiger partial charge is 0.366 e.